The lowest BCUT2D eigenvalue weighted by Gasteiger charge is -2.37. The predicted octanol–water partition coefficient (Wildman–Crippen LogP) is 4.08. The first-order chi connectivity index (χ1) is 14.2. The van der Waals surface area contributed by atoms with Crippen LogP contribution in [0.3, 0.4) is 0 Å². The maximum absolute atomic E-state index is 12.8. The van der Waals surface area contributed by atoms with Crippen LogP contribution in [0.5, 0.6) is 0 Å². The van der Waals surface area contributed by atoms with Gasteiger partial charge in [0.15, 0.2) is 0 Å². The molecule has 29 heavy (non-hydrogen) atoms. The molecule has 1 aliphatic heterocycles. The average Bonchev–Trinajstić information content (AvgIpc) is 3.31. The summed E-state index contributed by atoms with van der Waals surface area (Å²) < 4.78 is 1.92. The molecule has 1 atom stereocenters. The number of nitrogens with one attached hydrogen (secondary N) is 1. The van der Waals surface area contributed by atoms with Crippen LogP contribution in [-0.2, 0) is 0 Å². The first-order valence-electron chi connectivity index (χ1n) is 10.4. The van der Waals surface area contributed by atoms with E-state index < -0.39 is 0 Å². The van der Waals surface area contributed by atoms with Crippen molar-refractivity contribution in [1.82, 2.24) is 19.8 Å². The number of rotatable bonds is 6. The van der Waals surface area contributed by atoms with Gasteiger partial charge in [-0.05, 0) is 61.7 Å². The monoisotopic (exact) mass is 388 g/mol. The Kier molecular flexibility index (Phi) is 6.06. The van der Waals surface area contributed by atoms with Gasteiger partial charge in [0.05, 0.1) is 12.4 Å². The Morgan fingerprint density at radius 2 is 1.83 bits per heavy atom. The van der Waals surface area contributed by atoms with Crippen LogP contribution in [0.1, 0.15) is 41.7 Å². The van der Waals surface area contributed by atoms with Crippen LogP contribution >= 0.6 is 0 Å². The Morgan fingerprint density at radius 3 is 2.48 bits per heavy atom. The number of carbonyl (C=O) groups excluding carboxylic acids is 1. The summed E-state index contributed by atoms with van der Waals surface area (Å²) in [6.07, 6.45) is 7.81. The van der Waals surface area contributed by atoms with Crippen LogP contribution in [0.2, 0.25) is 0 Å². The van der Waals surface area contributed by atoms with E-state index in [0.717, 1.165) is 24.7 Å². The molecule has 1 fully saturated rings. The molecule has 1 saturated heterocycles. The van der Waals surface area contributed by atoms with E-state index in [4.69, 9.17) is 0 Å². The Bertz CT molecular complexity index is 898. The third-order valence-electron chi connectivity index (χ3n) is 5.83. The summed E-state index contributed by atoms with van der Waals surface area (Å²) in [4.78, 5) is 19.3. The van der Waals surface area contributed by atoms with Crippen LogP contribution in [0.15, 0.2) is 73.3 Å². The summed E-state index contributed by atoms with van der Waals surface area (Å²) in [5.74, 6) is 0.750. The van der Waals surface area contributed by atoms with Crippen LogP contribution in [-0.4, -0.2) is 40.0 Å². The van der Waals surface area contributed by atoms with Gasteiger partial charge in [0.25, 0.3) is 5.91 Å². The van der Waals surface area contributed by atoms with Crippen molar-refractivity contribution in [3.05, 3.63) is 84.4 Å². The summed E-state index contributed by atoms with van der Waals surface area (Å²) in [6, 6.07) is 18.3. The van der Waals surface area contributed by atoms with Crippen molar-refractivity contribution in [3.63, 3.8) is 0 Å². The highest BCUT2D eigenvalue weighted by molar-refractivity contribution is 5.94. The zero-order chi connectivity index (χ0) is 20.1. The Labute approximate surface area is 172 Å². The third kappa shape index (κ3) is 4.74. The first-order valence-corrected chi connectivity index (χ1v) is 10.4. The summed E-state index contributed by atoms with van der Waals surface area (Å²) in [5.41, 5.74) is 2.93. The average molecular weight is 389 g/mol. The molecule has 5 heteroatoms. The summed E-state index contributed by atoms with van der Waals surface area (Å²) >= 11 is 0. The van der Waals surface area contributed by atoms with E-state index in [2.05, 4.69) is 46.4 Å². The van der Waals surface area contributed by atoms with Gasteiger partial charge in [-0.2, -0.15) is 0 Å². The normalized spacial score (nSPS) is 16.4. The third-order valence-corrected chi connectivity index (χ3v) is 5.83. The maximum Gasteiger partial charge on any atom is 0.251 e. The van der Waals surface area contributed by atoms with Crippen LogP contribution in [0.25, 0.3) is 5.69 Å². The fraction of sp³-hybridized carbons (Fsp3) is 0.333. The van der Waals surface area contributed by atoms with E-state index >= 15 is 0 Å². The Hall–Kier alpha value is -2.92. The molecule has 1 N–H and O–H groups in total. The molecule has 150 valence electrons. The number of imidazole rings is 1. The van der Waals surface area contributed by atoms with Gasteiger partial charge in [-0.3, -0.25) is 9.69 Å². The van der Waals surface area contributed by atoms with E-state index in [1.807, 2.05) is 41.1 Å². The zero-order valence-electron chi connectivity index (χ0n) is 16.9. The molecule has 1 unspecified atom stereocenters. The van der Waals surface area contributed by atoms with Crippen molar-refractivity contribution in [2.75, 3.05) is 19.6 Å². The topological polar surface area (TPSA) is 50.2 Å². The van der Waals surface area contributed by atoms with E-state index in [9.17, 15) is 4.79 Å². The molecule has 0 bridgehead atoms. The molecule has 0 radical (unpaired) electrons. The van der Waals surface area contributed by atoms with Crippen molar-refractivity contribution in [3.8, 4) is 5.69 Å². The fourth-order valence-corrected chi connectivity index (χ4v) is 3.96. The molecule has 0 aliphatic carbocycles. The SMILES string of the molecule is CC1CCN(C(CNC(=O)c2ccc(-n3ccnc3)cc2)c2ccccc2)CC1. The van der Waals surface area contributed by atoms with Crippen molar-refractivity contribution < 1.29 is 4.79 Å². The van der Waals surface area contributed by atoms with Crippen molar-refractivity contribution in [2.24, 2.45) is 5.92 Å². The number of carbonyl (C=O) groups is 1. The minimum atomic E-state index is -0.0338. The van der Waals surface area contributed by atoms with Gasteiger partial charge in [-0.1, -0.05) is 37.3 Å². The second-order valence-electron chi connectivity index (χ2n) is 7.87. The van der Waals surface area contributed by atoms with Gasteiger partial charge in [-0.25, -0.2) is 4.98 Å². The number of piperidine rings is 1. The second kappa shape index (κ2) is 9.05. The predicted molar refractivity (Wildman–Crippen MR) is 115 cm³/mol. The van der Waals surface area contributed by atoms with E-state index in [1.54, 1.807) is 12.5 Å². The molecule has 1 aromatic heterocycles. The molecule has 2 heterocycles. The molecule has 5 nitrogen and oxygen atoms in total. The summed E-state index contributed by atoms with van der Waals surface area (Å²) in [7, 11) is 0. The Balaban J connectivity index is 1.43. The minimum Gasteiger partial charge on any atom is -0.350 e. The van der Waals surface area contributed by atoms with Gasteiger partial charge in [-0.15, -0.1) is 0 Å². The highest BCUT2D eigenvalue weighted by Gasteiger charge is 2.25. The highest BCUT2D eigenvalue weighted by Crippen LogP contribution is 2.26. The number of nitrogens with zero attached hydrogens (tertiary/aromatic N) is 3. The zero-order valence-corrected chi connectivity index (χ0v) is 16.9. The molecule has 0 spiro atoms. The standard InChI is InChI=1S/C24H28N4O/c1-19-11-14-27(15-12-19)23(20-5-3-2-4-6-20)17-26-24(29)21-7-9-22(10-8-21)28-16-13-25-18-28/h2-10,13,16,18-19,23H,11-12,14-15,17H2,1H3,(H,26,29). The van der Waals surface area contributed by atoms with E-state index in [-0.39, 0.29) is 11.9 Å². The van der Waals surface area contributed by atoms with Crippen molar-refractivity contribution in [1.29, 1.82) is 0 Å². The number of amides is 1. The largest absolute Gasteiger partial charge is 0.350 e. The number of hydrogen-bond acceptors (Lipinski definition) is 3. The quantitative estimate of drug-likeness (QED) is 0.692. The molecule has 1 amide bonds. The van der Waals surface area contributed by atoms with Crippen LogP contribution in [0.4, 0.5) is 0 Å². The van der Waals surface area contributed by atoms with E-state index in [0.29, 0.717) is 12.1 Å². The minimum absolute atomic E-state index is 0.0338. The maximum atomic E-state index is 12.8. The lowest BCUT2D eigenvalue weighted by Crippen LogP contribution is -2.42. The fourth-order valence-electron chi connectivity index (χ4n) is 3.96. The van der Waals surface area contributed by atoms with Crippen LogP contribution < -0.4 is 5.32 Å². The van der Waals surface area contributed by atoms with Gasteiger partial charge in [0.1, 0.15) is 0 Å². The smallest absolute Gasteiger partial charge is 0.251 e. The second-order valence-corrected chi connectivity index (χ2v) is 7.87. The molecular weight excluding hydrogens is 360 g/mol. The van der Waals surface area contributed by atoms with Gasteiger partial charge in [0, 0.05) is 30.2 Å². The summed E-state index contributed by atoms with van der Waals surface area (Å²) in [6.45, 7) is 5.09. The highest BCUT2D eigenvalue weighted by atomic mass is 16.1. The number of likely N-dealkylation sites (tertiary alicyclic amines) is 1. The lowest BCUT2D eigenvalue weighted by atomic mass is 9.95. The molecular formula is C24H28N4O. The van der Waals surface area contributed by atoms with Gasteiger partial charge >= 0.3 is 0 Å². The number of aromatic nitrogens is 2. The van der Waals surface area contributed by atoms with Crippen molar-refractivity contribution >= 4 is 5.91 Å². The Morgan fingerprint density at radius 1 is 1.10 bits per heavy atom. The van der Waals surface area contributed by atoms with E-state index in [1.165, 1.54) is 18.4 Å². The lowest BCUT2D eigenvalue weighted by molar-refractivity contribution is 0.0913. The molecule has 0 saturated carbocycles. The van der Waals surface area contributed by atoms with Crippen LogP contribution in [0, 0.1) is 5.92 Å². The molecule has 2 aromatic carbocycles. The molecule has 4 rings (SSSR count). The molecule has 3 aromatic rings. The summed E-state index contributed by atoms with van der Waals surface area (Å²) in [5, 5.41) is 3.16. The van der Waals surface area contributed by atoms with Crippen molar-refractivity contribution in [2.45, 2.75) is 25.8 Å². The van der Waals surface area contributed by atoms with Gasteiger partial charge < -0.3 is 9.88 Å². The van der Waals surface area contributed by atoms with Gasteiger partial charge in [0.2, 0.25) is 0 Å². The first kappa shape index (κ1) is 19.4. The molecule has 1 aliphatic rings. The number of hydrogen-bond donors (Lipinski definition) is 1. The number of benzene rings is 2.